The summed E-state index contributed by atoms with van der Waals surface area (Å²) in [5.74, 6) is 0.552. The molecule has 3 N–H and O–H groups in total. The summed E-state index contributed by atoms with van der Waals surface area (Å²) < 4.78 is 0. The first-order valence-corrected chi connectivity index (χ1v) is 6.88. The Morgan fingerprint density at radius 1 is 1.50 bits per heavy atom. The number of rotatable bonds is 3. The Morgan fingerprint density at radius 3 is 2.78 bits per heavy atom. The van der Waals surface area contributed by atoms with E-state index >= 15 is 0 Å². The number of carbonyl (C=O) groups excluding carboxylic acids is 1. The Hall–Kier alpha value is -0.650. The van der Waals surface area contributed by atoms with Gasteiger partial charge in [-0.05, 0) is 39.2 Å². The SMILES string of the molecule is Cc1nc(C)c(NC(=O)[C@@H]2CCC[C@@H]2CN)s1.Cl. The molecule has 1 aromatic heterocycles. The van der Waals surface area contributed by atoms with Crippen LogP contribution in [0.4, 0.5) is 5.00 Å². The summed E-state index contributed by atoms with van der Waals surface area (Å²) in [5, 5.41) is 4.87. The fourth-order valence-electron chi connectivity index (χ4n) is 2.52. The molecule has 1 heterocycles. The first kappa shape index (κ1) is 15.4. The van der Waals surface area contributed by atoms with Crippen molar-refractivity contribution in [2.45, 2.75) is 33.1 Å². The summed E-state index contributed by atoms with van der Waals surface area (Å²) in [6.07, 6.45) is 3.15. The molecule has 0 aliphatic heterocycles. The highest BCUT2D eigenvalue weighted by molar-refractivity contribution is 7.16. The molecule has 0 bridgehead atoms. The highest BCUT2D eigenvalue weighted by atomic mass is 35.5. The maximum absolute atomic E-state index is 12.2. The third kappa shape index (κ3) is 3.22. The van der Waals surface area contributed by atoms with Crippen molar-refractivity contribution in [2.75, 3.05) is 11.9 Å². The number of thiazole rings is 1. The molecule has 4 nitrogen and oxygen atoms in total. The highest BCUT2D eigenvalue weighted by Crippen LogP contribution is 2.33. The average molecular weight is 290 g/mol. The molecule has 1 fully saturated rings. The molecule has 0 unspecified atom stereocenters. The first-order chi connectivity index (χ1) is 8.11. The largest absolute Gasteiger partial charge is 0.330 e. The van der Waals surface area contributed by atoms with Crippen LogP contribution in [0.3, 0.4) is 0 Å². The number of nitrogens with two attached hydrogens (primary N) is 1. The molecule has 0 radical (unpaired) electrons. The zero-order valence-electron chi connectivity index (χ0n) is 10.7. The van der Waals surface area contributed by atoms with Crippen molar-refractivity contribution >= 4 is 34.7 Å². The van der Waals surface area contributed by atoms with Gasteiger partial charge in [0.1, 0.15) is 5.00 Å². The minimum atomic E-state index is 0. The van der Waals surface area contributed by atoms with Gasteiger partial charge in [-0.25, -0.2) is 4.98 Å². The van der Waals surface area contributed by atoms with E-state index in [9.17, 15) is 4.79 Å². The van der Waals surface area contributed by atoms with Gasteiger partial charge in [0.05, 0.1) is 10.7 Å². The second kappa shape index (κ2) is 6.50. The van der Waals surface area contributed by atoms with E-state index in [-0.39, 0.29) is 24.2 Å². The van der Waals surface area contributed by atoms with Crippen molar-refractivity contribution in [1.29, 1.82) is 0 Å². The zero-order chi connectivity index (χ0) is 12.4. The van der Waals surface area contributed by atoms with Gasteiger partial charge in [-0.3, -0.25) is 4.79 Å². The van der Waals surface area contributed by atoms with Crippen LogP contribution < -0.4 is 11.1 Å². The van der Waals surface area contributed by atoms with Crippen LogP contribution in [0, 0.1) is 25.7 Å². The summed E-state index contributed by atoms with van der Waals surface area (Å²) >= 11 is 1.54. The molecule has 1 saturated carbocycles. The van der Waals surface area contributed by atoms with Gasteiger partial charge in [-0.15, -0.1) is 23.7 Å². The van der Waals surface area contributed by atoms with Gasteiger partial charge < -0.3 is 11.1 Å². The van der Waals surface area contributed by atoms with Crippen LogP contribution in [0.1, 0.15) is 30.0 Å². The fourth-order valence-corrected chi connectivity index (χ4v) is 3.34. The molecule has 2 rings (SSSR count). The fraction of sp³-hybridized carbons (Fsp3) is 0.667. The van der Waals surface area contributed by atoms with E-state index in [0.717, 1.165) is 35.0 Å². The Morgan fingerprint density at radius 2 is 2.22 bits per heavy atom. The van der Waals surface area contributed by atoms with Gasteiger partial charge in [0.2, 0.25) is 5.91 Å². The number of anilines is 1. The predicted molar refractivity (Wildman–Crippen MR) is 77.4 cm³/mol. The lowest BCUT2D eigenvalue weighted by Crippen LogP contribution is -2.29. The second-order valence-corrected chi connectivity index (χ2v) is 5.87. The van der Waals surface area contributed by atoms with Crippen molar-refractivity contribution in [3.8, 4) is 0 Å². The molecule has 2 atom stereocenters. The molecule has 102 valence electrons. The van der Waals surface area contributed by atoms with Crippen molar-refractivity contribution in [1.82, 2.24) is 4.98 Å². The molecule has 0 spiro atoms. The Bertz CT molecular complexity index is 421. The lowest BCUT2D eigenvalue weighted by molar-refractivity contribution is -0.120. The molecule has 0 aromatic carbocycles. The molecule has 0 saturated heterocycles. The van der Waals surface area contributed by atoms with Crippen LogP contribution in [-0.4, -0.2) is 17.4 Å². The van der Waals surface area contributed by atoms with Crippen LogP contribution in [-0.2, 0) is 4.79 Å². The summed E-state index contributed by atoms with van der Waals surface area (Å²) in [6, 6.07) is 0. The third-order valence-corrected chi connectivity index (χ3v) is 4.43. The zero-order valence-corrected chi connectivity index (χ0v) is 12.4. The Kier molecular flexibility index (Phi) is 5.56. The second-order valence-electron chi connectivity index (χ2n) is 4.67. The van der Waals surface area contributed by atoms with Crippen LogP contribution in [0.15, 0.2) is 0 Å². The molecule has 1 aromatic rings. The van der Waals surface area contributed by atoms with Gasteiger partial charge in [0.25, 0.3) is 0 Å². The van der Waals surface area contributed by atoms with E-state index in [1.165, 1.54) is 11.3 Å². The van der Waals surface area contributed by atoms with Crippen molar-refractivity contribution in [2.24, 2.45) is 17.6 Å². The maximum atomic E-state index is 12.2. The summed E-state index contributed by atoms with van der Waals surface area (Å²) in [4.78, 5) is 16.5. The third-order valence-electron chi connectivity index (χ3n) is 3.44. The molecule has 18 heavy (non-hydrogen) atoms. The van der Waals surface area contributed by atoms with E-state index in [2.05, 4.69) is 10.3 Å². The summed E-state index contributed by atoms with van der Waals surface area (Å²) in [5.41, 5.74) is 6.61. The number of aryl methyl sites for hydroxylation is 2. The normalized spacial score (nSPS) is 22.6. The predicted octanol–water partition coefficient (Wildman–Crippen LogP) is 2.50. The van der Waals surface area contributed by atoms with Crippen LogP contribution in [0.25, 0.3) is 0 Å². The number of carbonyl (C=O) groups is 1. The smallest absolute Gasteiger partial charge is 0.228 e. The van der Waals surface area contributed by atoms with E-state index in [4.69, 9.17) is 5.73 Å². The Balaban J connectivity index is 0.00000162. The van der Waals surface area contributed by atoms with E-state index in [1.807, 2.05) is 13.8 Å². The summed E-state index contributed by atoms with van der Waals surface area (Å²) in [7, 11) is 0. The van der Waals surface area contributed by atoms with Gasteiger partial charge in [-0.2, -0.15) is 0 Å². The van der Waals surface area contributed by atoms with Crippen molar-refractivity contribution in [3.63, 3.8) is 0 Å². The Labute approximate surface area is 118 Å². The number of nitrogens with zero attached hydrogens (tertiary/aromatic N) is 1. The number of nitrogens with one attached hydrogen (secondary N) is 1. The van der Waals surface area contributed by atoms with Crippen LogP contribution in [0.5, 0.6) is 0 Å². The average Bonchev–Trinajstić information content (AvgIpc) is 2.85. The van der Waals surface area contributed by atoms with E-state index in [0.29, 0.717) is 12.5 Å². The van der Waals surface area contributed by atoms with Gasteiger partial charge >= 0.3 is 0 Å². The number of hydrogen-bond donors (Lipinski definition) is 2. The molecular weight excluding hydrogens is 270 g/mol. The van der Waals surface area contributed by atoms with Gasteiger partial charge in [0.15, 0.2) is 0 Å². The summed E-state index contributed by atoms with van der Waals surface area (Å²) in [6.45, 7) is 4.48. The van der Waals surface area contributed by atoms with Gasteiger partial charge in [0, 0.05) is 5.92 Å². The van der Waals surface area contributed by atoms with Crippen molar-refractivity contribution in [3.05, 3.63) is 10.7 Å². The van der Waals surface area contributed by atoms with Crippen LogP contribution >= 0.6 is 23.7 Å². The maximum Gasteiger partial charge on any atom is 0.228 e. The molecule has 1 amide bonds. The number of aromatic nitrogens is 1. The van der Waals surface area contributed by atoms with Crippen LogP contribution in [0.2, 0.25) is 0 Å². The monoisotopic (exact) mass is 289 g/mol. The lowest BCUT2D eigenvalue weighted by atomic mass is 9.95. The quantitative estimate of drug-likeness (QED) is 0.898. The molecular formula is C12H20ClN3OS. The lowest BCUT2D eigenvalue weighted by Gasteiger charge is -2.16. The highest BCUT2D eigenvalue weighted by Gasteiger charge is 2.32. The minimum absolute atomic E-state index is 0. The molecule has 1 aliphatic rings. The topological polar surface area (TPSA) is 68.0 Å². The molecule has 1 aliphatic carbocycles. The number of hydrogen-bond acceptors (Lipinski definition) is 4. The number of amides is 1. The van der Waals surface area contributed by atoms with Crippen molar-refractivity contribution < 1.29 is 4.79 Å². The minimum Gasteiger partial charge on any atom is -0.330 e. The number of halogens is 1. The first-order valence-electron chi connectivity index (χ1n) is 6.06. The van der Waals surface area contributed by atoms with E-state index in [1.54, 1.807) is 0 Å². The van der Waals surface area contributed by atoms with Gasteiger partial charge in [-0.1, -0.05) is 6.42 Å². The van der Waals surface area contributed by atoms with E-state index < -0.39 is 0 Å². The standard InChI is InChI=1S/C12H19N3OS.ClH/c1-7-12(17-8(2)14-7)15-11(16)10-5-3-4-9(10)6-13;/h9-10H,3-6,13H2,1-2H3,(H,15,16);1H/t9-,10-;/m1./s1. The molecule has 6 heteroatoms.